The summed E-state index contributed by atoms with van der Waals surface area (Å²) in [6.45, 7) is 0. The molecule has 30 valence electrons. The Morgan fingerprint density at radius 1 is 2.00 bits per heavy atom. The Hall–Kier alpha value is 0.770. The molecule has 0 spiro atoms. The third-order valence-corrected chi connectivity index (χ3v) is 1.29. The average molecular weight is 130 g/mol. The van der Waals surface area contributed by atoms with Crippen LogP contribution in [0.2, 0.25) is 0 Å². The lowest BCUT2D eigenvalue weighted by Gasteiger charge is -1.58. The molecule has 0 radical (unpaired) electrons. The van der Waals surface area contributed by atoms with Gasteiger partial charge in [0, 0.05) is 0 Å². The molecule has 0 saturated heterocycles. The molecule has 0 aromatic heterocycles. The molecule has 0 aliphatic carbocycles. The van der Waals surface area contributed by atoms with E-state index in [1.807, 2.05) is 0 Å². The Morgan fingerprint density at radius 2 is 2.20 bits per heavy atom. The van der Waals surface area contributed by atoms with Crippen LogP contribution in [0, 0.1) is 0 Å². The van der Waals surface area contributed by atoms with Gasteiger partial charge in [0.05, 0.1) is 7.11 Å². The van der Waals surface area contributed by atoms with Crippen molar-refractivity contribution in [3.8, 4) is 0 Å². The van der Waals surface area contributed by atoms with Crippen LogP contribution < -0.4 is 0 Å². The summed E-state index contributed by atoms with van der Waals surface area (Å²) in [5.41, 5.74) is 0. The van der Waals surface area contributed by atoms with Gasteiger partial charge in [0.25, 0.3) is 0 Å². The summed E-state index contributed by atoms with van der Waals surface area (Å²) in [5.74, 6) is 0. The molecule has 1 atom stereocenters. The molecule has 0 N–H and O–H groups in total. The van der Waals surface area contributed by atoms with Gasteiger partial charge >= 0.3 is 6.28 Å². The molecule has 0 bridgehead atoms. The van der Waals surface area contributed by atoms with E-state index in [4.69, 9.17) is 11.2 Å². The maximum Gasteiger partial charge on any atom is 0.461 e. The first kappa shape index (κ1) is 5.77. The van der Waals surface area contributed by atoms with E-state index in [2.05, 4.69) is 16.3 Å². The van der Waals surface area contributed by atoms with Gasteiger partial charge in [-0.05, 0) is 0 Å². The minimum absolute atomic E-state index is 1.04. The molecule has 1 nitrogen and oxygen atoms in total. The zero-order valence-corrected chi connectivity index (χ0v) is 5.11. The highest BCUT2D eigenvalue weighted by atomic mass is 35.7. The maximum atomic E-state index is 5.12. The average Bonchev–Trinajstić information content (AvgIpc) is 1.38. The van der Waals surface area contributed by atoms with Crippen LogP contribution in [0.25, 0.3) is 0 Å². The second-order valence-electron chi connectivity index (χ2n) is 0.395. The zero-order chi connectivity index (χ0) is 4.28. The van der Waals surface area contributed by atoms with Gasteiger partial charge in [0.2, 0.25) is 23.0 Å². The summed E-state index contributed by atoms with van der Waals surface area (Å²) in [4.78, 5) is 0. The highest BCUT2D eigenvalue weighted by molar-refractivity contribution is 8.14. The van der Waals surface area contributed by atoms with Gasteiger partial charge < -0.3 is 0 Å². The van der Waals surface area contributed by atoms with E-state index < -0.39 is 6.28 Å². The van der Waals surface area contributed by atoms with Crippen LogP contribution in [0.5, 0.6) is 0 Å². The summed E-state index contributed by atoms with van der Waals surface area (Å²) < 4.78 is 4.40. The SMILES string of the molecule is CO[P+](=S)Cl. The third-order valence-electron chi connectivity index (χ3n) is 0.144. The molecule has 0 aromatic rings. The molecule has 0 aliphatic rings. The summed E-state index contributed by atoms with van der Waals surface area (Å²) in [5, 5.41) is 0. The standard InChI is InChI=1S/CH3ClOPS/c1-3-4(2)5/h1H3/q+1. The van der Waals surface area contributed by atoms with Crippen molar-refractivity contribution >= 4 is 29.3 Å². The van der Waals surface area contributed by atoms with Crippen molar-refractivity contribution in [3.63, 3.8) is 0 Å². The van der Waals surface area contributed by atoms with Gasteiger partial charge in [-0.1, -0.05) is 0 Å². The molecule has 0 aromatic carbocycles. The Labute approximate surface area is 41.6 Å². The number of hydrogen-bond donors (Lipinski definition) is 0. The molecule has 1 unspecified atom stereocenters. The molecular formula is CH3ClOPS+. The van der Waals surface area contributed by atoms with Crippen LogP contribution in [0.1, 0.15) is 0 Å². The number of halogens is 1. The smallest absolute Gasteiger partial charge is 0.157 e. The van der Waals surface area contributed by atoms with Crippen molar-refractivity contribution in [3.05, 3.63) is 0 Å². The predicted molar refractivity (Wildman–Crippen MR) is 27.1 cm³/mol. The van der Waals surface area contributed by atoms with Gasteiger partial charge in [-0.3, -0.25) is 0 Å². The predicted octanol–water partition coefficient (Wildman–Crippen LogP) is 1.65. The highest BCUT2D eigenvalue weighted by Gasteiger charge is 1.96. The van der Waals surface area contributed by atoms with E-state index in [9.17, 15) is 0 Å². The maximum absolute atomic E-state index is 5.12. The summed E-state index contributed by atoms with van der Waals surface area (Å²) in [7, 11) is 1.49. The summed E-state index contributed by atoms with van der Waals surface area (Å²) in [6, 6.07) is 0. The lowest BCUT2D eigenvalue weighted by atomic mass is 11.8. The van der Waals surface area contributed by atoms with Crippen molar-refractivity contribution < 1.29 is 4.52 Å². The monoisotopic (exact) mass is 129 g/mol. The van der Waals surface area contributed by atoms with Crippen molar-refractivity contribution in [1.29, 1.82) is 0 Å². The van der Waals surface area contributed by atoms with Crippen molar-refractivity contribution in [2.75, 3.05) is 7.11 Å². The van der Waals surface area contributed by atoms with E-state index in [0.717, 1.165) is 0 Å². The molecule has 0 amide bonds. The van der Waals surface area contributed by atoms with Gasteiger partial charge in [-0.2, -0.15) is 4.52 Å². The largest absolute Gasteiger partial charge is 0.461 e. The van der Waals surface area contributed by atoms with Crippen LogP contribution >= 0.6 is 17.5 Å². The second kappa shape index (κ2) is 2.98. The number of rotatable bonds is 1. The molecule has 0 saturated carbocycles. The minimum Gasteiger partial charge on any atom is -0.157 e. The van der Waals surface area contributed by atoms with Gasteiger partial charge in [0.1, 0.15) is 0 Å². The molecule has 0 rings (SSSR count). The van der Waals surface area contributed by atoms with Crippen LogP contribution in [0.15, 0.2) is 0 Å². The van der Waals surface area contributed by atoms with Crippen LogP contribution in [0.3, 0.4) is 0 Å². The van der Waals surface area contributed by atoms with Crippen LogP contribution in [-0.2, 0) is 16.3 Å². The lowest BCUT2D eigenvalue weighted by Crippen LogP contribution is -1.49. The van der Waals surface area contributed by atoms with E-state index >= 15 is 0 Å². The molecule has 0 fully saturated rings. The topological polar surface area (TPSA) is 9.23 Å². The summed E-state index contributed by atoms with van der Waals surface area (Å²) >= 11 is 9.51. The van der Waals surface area contributed by atoms with Crippen molar-refractivity contribution in [2.24, 2.45) is 0 Å². The number of hydrogen-bond acceptors (Lipinski definition) is 2. The Bertz CT molecular complexity index is 46.9. The first-order valence-corrected chi connectivity index (χ1v) is 4.12. The fourth-order valence-electron chi connectivity index (χ4n) is 0. The van der Waals surface area contributed by atoms with Gasteiger partial charge in [-0.15, -0.1) is 0 Å². The lowest BCUT2D eigenvalue weighted by molar-refractivity contribution is 0.483. The Balaban J connectivity index is 2.85. The Kier molecular flexibility index (Phi) is 3.44. The molecule has 5 heavy (non-hydrogen) atoms. The first-order chi connectivity index (χ1) is 2.27. The van der Waals surface area contributed by atoms with Crippen molar-refractivity contribution in [1.82, 2.24) is 0 Å². The highest BCUT2D eigenvalue weighted by Crippen LogP contribution is 2.25. The van der Waals surface area contributed by atoms with E-state index in [1.54, 1.807) is 0 Å². The fraction of sp³-hybridized carbons (Fsp3) is 1.00. The Morgan fingerprint density at radius 3 is 2.20 bits per heavy atom. The molecule has 4 heteroatoms. The molecule has 0 aliphatic heterocycles. The third kappa shape index (κ3) is 4.77. The van der Waals surface area contributed by atoms with E-state index in [0.29, 0.717) is 0 Å². The normalized spacial score (nSPS) is 11.2. The van der Waals surface area contributed by atoms with Gasteiger partial charge in [-0.25, -0.2) is 0 Å². The quantitative estimate of drug-likeness (QED) is 0.498. The van der Waals surface area contributed by atoms with E-state index in [-0.39, 0.29) is 0 Å². The fourth-order valence-corrected chi connectivity index (χ4v) is 0. The minimum atomic E-state index is -1.04. The second-order valence-corrected chi connectivity index (χ2v) is 3.70. The zero-order valence-electron chi connectivity index (χ0n) is 2.64. The molecule has 0 heterocycles. The molecular weight excluding hydrogens is 127 g/mol. The van der Waals surface area contributed by atoms with Crippen LogP contribution in [-0.4, -0.2) is 7.11 Å². The van der Waals surface area contributed by atoms with E-state index in [1.165, 1.54) is 7.11 Å². The van der Waals surface area contributed by atoms with Crippen LogP contribution in [0.4, 0.5) is 0 Å². The summed E-state index contributed by atoms with van der Waals surface area (Å²) in [6.07, 6.45) is -1.04. The first-order valence-electron chi connectivity index (χ1n) is 0.942. The van der Waals surface area contributed by atoms with Gasteiger partial charge in [0.15, 0.2) is 0 Å². The van der Waals surface area contributed by atoms with Crippen molar-refractivity contribution in [2.45, 2.75) is 0 Å².